The van der Waals surface area contributed by atoms with Crippen molar-refractivity contribution < 1.29 is 23.6 Å². The molecule has 3 rings (SSSR count). The van der Waals surface area contributed by atoms with Crippen LogP contribution in [0.5, 0.6) is 0 Å². The van der Waals surface area contributed by atoms with E-state index in [4.69, 9.17) is 4.84 Å². The van der Waals surface area contributed by atoms with Gasteiger partial charge in [0.05, 0.1) is 16.7 Å². The van der Waals surface area contributed by atoms with Crippen molar-refractivity contribution in [1.82, 2.24) is 5.06 Å². The standard InChI is InChI=1S/C16H10FNO4/c17-9-10-5-7-11(8-6-10)16(21)22-18-14(19)12-3-1-2-4-13(12)15(18)20/h1-8H,9H2. The van der Waals surface area contributed by atoms with Gasteiger partial charge in [-0.3, -0.25) is 9.59 Å². The van der Waals surface area contributed by atoms with Gasteiger partial charge in [-0.2, -0.15) is 0 Å². The number of halogens is 1. The molecule has 6 heteroatoms. The van der Waals surface area contributed by atoms with E-state index in [1.54, 1.807) is 12.1 Å². The molecule has 0 radical (unpaired) electrons. The van der Waals surface area contributed by atoms with Gasteiger partial charge in [-0.05, 0) is 29.8 Å². The minimum Gasteiger partial charge on any atom is -0.324 e. The smallest absolute Gasteiger partial charge is 0.324 e. The third kappa shape index (κ3) is 2.24. The molecule has 0 unspecified atom stereocenters. The second kappa shape index (κ2) is 5.40. The Balaban J connectivity index is 1.80. The second-order valence-electron chi connectivity index (χ2n) is 4.66. The molecule has 0 N–H and O–H groups in total. The molecule has 5 nitrogen and oxygen atoms in total. The maximum absolute atomic E-state index is 12.4. The number of hydrogen-bond donors (Lipinski definition) is 0. The number of fused-ring (bicyclic) bond motifs is 1. The zero-order chi connectivity index (χ0) is 15.7. The van der Waals surface area contributed by atoms with Crippen LogP contribution in [0, 0.1) is 0 Å². The van der Waals surface area contributed by atoms with Crippen LogP contribution < -0.4 is 0 Å². The van der Waals surface area contributed by atoms with Gasteiger partial charge in [0.15, 0.2) is 0 Å². The van der Waals surface area contributed by atoms with Crippen molar-refractivity contribution in [1.29, 1.82) is 0 Å². The van der Waals surface area contributed by atoms with Crippen molar-refractivity contribution in [3.05, 3.63) is 70.8 Å². The largest absolute Gasteiger partial charge is 0.363 e. The molecule has 1 heterocycles. The van der Waals surface area contributed by atoms with Gasteiger partial charge in [0.1, 0.15) is 6.67 Å². The highest BCUT2D eigenvalue weighted by Crippen LogP contribution is 2.23. The fraction of sp³-hybridized carbons (Fsp3) is 0.0625. The van der Waals surface area contributed by atoms with Gasteiger partial charge in [-0.15, -0.1) is 0 Å². The maximum atomic E-state index is 12.4. The van der Waals surface area contributed by atoms with Gasteiger partial charge < -0.3 is 4.84 Å². The Morgan fingerprint density at radius 1 is 0.955 bits per heavy atom. The lowest BCUT2D eigenvalue weighted by Gasteiger charge is -2.12. The lowest BCUT2D eigenvalue weighted by atomic mass is 10.1. The molecule has 2 aromatic carbocycles. The Kier molecular flexibility index (Phi) is 3.42. The zero-order valence-electron chi connectivity index (χ0n) is 11.3. The molecule has 0 atom stereocenters. The SMILES string of the molecule is O=C(ON1C(=O)c2ccccc2C1=O)c1ccc(CF)cc1. The average molecular weight is 299 g/mol. The fourth-order valence-electron chi connectivity index (χ4n) is 2.12. The van der Waals surface area contributed by atoms with E-state index >= 15 is 0 Å². The summed E-state index contributed by atoms with van der Waals surface area (Å²) in [5, 5.41) is 0.441. The Morgan fingerprint density at radius 3 is 2.00 bits per heavy atom. The van der Waals surface area contributed by atoms with Crippen molar-refractivity contribution in [3.63, 3.8) is 0 Å². The number of alkyl halides is 1. The molecule has 110 valence electrons. The molecule has 0 spiro atoms. The predicted octanol–water partition coefficient (Wildman–Crippen LogP) is 2.52. The molecular weight excluding hydrogens is 289 g/mol. The molecule has 1 aliphatic rings. The van der Waals surface area contributed by atoms with Gasteiger partial charge in [0.25, 0.3) is 11.8 Å². The Bertz CT molecular complexity index is 735. The summed E-state index contributed by atoms with van der Waals surface area (Å²) in [6, 6.07) is 11.8. The van der Waals surface area contributed by atoms with E-state index < -0.39 is 24.5 Å². The van der Waals surface area contributed by atoms with Crippen molar-refractivity contribution in [3.8, 4) is 0 Å². The summed E-state index contributed by atoms with van der Waals surface area (Å²) < 4.78 is 12.4. The van der Waals surface area contributed by atoms with E-state index in [1.165, 1.54) is 36.4 Å². The topological polar surface area (TPSA) is 63.7 Å². The van der Waals surface area contributed by atoms with Crippen LogP contribution in [0.1, 0.15) is 36.6 Å². The first-order valence-corrected chi connectivity index (χ1v) is 6.47. The number of rotatable bonds is 3. The van der Waals surface area contributed by atoms with Crippen LogP contribution in [-0.2, 0) is 11.5 Å². The molecule has 22 heavy (non-hydrogen) atoms. The van der Waals surface area contributed by atoms with Gasteiger partial charge >= 0.3 is 5.97 Å². The predicted molar refractivity (Wildman–Crippen MR) is 73.6 cm³/mol. The molecule has 1 aliphatic heterocycles. The highest BCUT2D eigenvalue weighted by atomic mass is 19.1. The highest BCUT2D eigenvalue weighted by molar-refractivity contribution is 6.21. The van der Waals surface area contributed by atoms with Crippen LogP contribution in [0.4, 0.5) is 4.39 Å². The summed E-state index contributed by atoms with van der Waals surface area (Å²) in [6.45, 7) is -0.645. The minimum atomic E-state index is -0.861. The van der Waals surface area contributed by atoms with Crippen molar-refractivity contribution in [2.45, 2.75) is 6.67 Å². The zero-order valence-corrected chi connectivity index (χ0v) is 11.3. The number of hydroxylamine groups is 2. The van der Waals surface area contributed by atoms with Gasteiger partial charge in [0.2, 0.25) is 0 Å². The van der Waals surface area contributed by atoms with Crippen LogP contribution in [0.25, 0.3) is 0 Å². The molecule has 0 saturated carbocycles. The minimum absolute atomic E-state index is 0.119. The quantitative estimate of drug-likeness (QED) is 0.817. The van der Waals surface area contributed by atoms with Crippen molar-refractivity contribution >= 4 is 17.8 Å². The first kappa shape index (κ1) is 13.9. The summed E-state index contributed by atoms with van der Waals surface area (Å²) in [5.74, 6) is -2.23. The van der Waals surface area contributed by atoms with Gasteiger partial charge in [-0.25, -0.2) is 9.18 Å². The number of carbonyl (C=O) groups is 3. The summed E-state index contributed by atoms with van der Waals surface area (Å²) in [6.07, 6.45) is 0. The number of imide groups is 1. The number of amides is 2. The van der Waals surface area contributed by atoms with Crippen LogP contribution in [0.2, 0.25) is 0 Å². The molecule has 0 aromatic heterocycles. The summed E-state index contributed by atoms with van der Waals surface area (Å²) >= 11 is 0. The Morgan fingerprint density at radius 2 is 1.50 bits per heavy atom. The van der Waals surface area contributed by atoms with Gasteiger partial charge in [-0.1, -0.05) is 29.3 Å². The molecule has 2 amide bonds. The van der Waals surface area contributed by atoms with Crippen LogP contribution in [0.15, 0.2) is 48.5 Å². The monoisotopic (exact) mass is 299 g/mol. The van der Waals surface area contributed by atoms with E-state index in [1.807, 2.05) is 0 Å². The van der Waals surface area contributed by atoms with Crippen LogP contribution in [0.3, 0.4) is 0 Å². The fourth-order valence-corrected chi connectivity index (χ4v) is 2.12. The van der Waals surface area contributed by atoms with E-state index in [0.29, 0.717) is 10.6 Å². The van der Waals surface area contributed by atoms with E-state index in [-0.39, 0.29) is 16.7 Å². The summed E-state index contributed by atoms with van der Waals surface area (Å²) in [7, 11) is 0. The molecule has 2 aromatic rings. The first-order valence-electron chi connectivity index (χ1n) is 6.47. The average Bonchev–Trinajstić information content (AvgIpc) is 2.80. The Labute approximate surface area is 124 Å². The summed E-state index contributed by atoms with van der Waals surface area (Å²) in [4.78, 5) is 41.0. The molecule has 0 aliphatic carbocycles. The van der Waals surface area contributed by atoms with E-state index in [9.17, 15) is 18.8 Å². The molecule has 0 fully saturated rings. The van der Waals surface area contributed by atoms with E-state index in [0.717, 1.165) is 0 Å². The Hall–Kier alpha value is -3.02. The molecule has 0 bridgehead atoms. The third-order valence-electron chi connectivity index (χ3n) is 3.27. The van der Waals surface area contributed by atoms with Gasteiger partial charge in [0, 0.05) is 0 Å². The van der Waals surface area contributed by atoms with Crippen LogP contribution in [-0.4, -0.2) is 22.8 Å². The summed E-state index contributed by atoms with van der Waals surface area (Å²) in [5.41, 5.74) is 0.909. The normalized spacial score (nSPS) is 13.2. The number of carbonyl (C=O) groups excluding carboxylic acids is 3. The number of hydrogen-bond acceptors (Lipinski definition) is 4. The van der Waals surface area contributed by atoms with E-state index in [2.05, 4.69) is 0 Å². The van der Waals surface area contributed by atoms with Crippen LogP contribution >= 0.6 is 0 Å². The number of nitrogens with zero attached hydrogens (tertiary/aromatic N) is 1. The van der Waals surface area contributed by atoms with Crippen molar-refractivity contribution in [2.75, 3.05) is 0 Å². The third-order valence-corrected chi connectivity index (χ3v) is 3.27. The lowest BCUT2D eigenvalue weighted by molar-refractivity contribution is -0.0584. The molecular formula is C16H10FNO4. The molecule has 0 saturated heterocycles. The maximum Gasteiger partial charge on any atom is 0.363 e. The number of benzene rings is 2. The highest BCUT2D eigenvalue weighted by Gasteiger charge is 2.38. The lowest BCUT2D eigenvalue weighted by Crippen LogP contribution is -2.32. The second-order valence-corrected chi connectivity index (χ2v) is 4.66. The van der Waals surface area contributed by atoms with Crippen molar-refractivity contribution in [2.24, 2.45) is 0 Å². The first-order chi connectivity index (χ1) is 10.6.